The molecule has 0 amide bonds. The molecule has 0 aromatic heterocycles. The Morgan fingerprint density at radius 2 is 1.82 bits per heavy atom. The minimum atomic E-state index is -3.79. The predicted octanol–water partition coefficient (Wildman–Crippen LogP) is 2.36. The maximum atomic E-state index is 12.5. The van der Waals surface area contributed by atoms with E-state index in [4.69, 9.17) is 14.2 Å². The standard InChI is InChI=1S/C19H19NO7S/c1-2-25-15-7-9-16(10-8-15)28(23,24)20-14-5-3-13(4-6-14)18(21)27-17-11-12-26-19(17)22/h3-10,17,20H,2,11-12H2,1H3/t17-/m1/s1. The third-order valence-electron chi connectivity index (χ3n) is 3.95. The summed E-state index contributed by atoms with van der Waals surface area (Å²) in [6.07, 6.45) is -0.574. The molecule has 1 saturated heterocycles. The fourth-order valence-corrected chi connectivity index (χ4v) is 3.61. The number of rotatable bonds is 7. The van der Waals surface area contributed by atoms with Gasteiger partial charge in [-0.2, -0.15) is 0 Å². The van der Waals surface area contributed by atoms with Gasteiger partial charge in [-0.1, -0.05) is 0 Å². The second kappa shape index (κ2) is 8.30. The Morgan fingerprint density at radius 3 is 2.39 bits per heavy atom. The Morgan fingerprint density at radius 1 is 1.14 bits per heavy atom. The van der Waals surface area contributed by atoms with Crippen LogP contribution >= 0.6 is 0 Å². The number of ether oxygens (including phenoxy) is 3. The topological polar surface area (TPSA) is 108 Å². The van der Waals surface area contributed by atoms with E-state index in [9.17, 15) is 18.0 Å². The molecule has 1 heterocycles. The zero-order valence-corrected chi connectivity index (χ0v) is 15.9. The van der Waals surface area contributed by atoms with Gasteiger partial charge in [-0.05, 0) is 55.5 Å². The lowest BCUT2D eigenvalue weighted by Crippen LogP contribution is -2.22. The highest BCUT2D eigenvalue weighted by Crippen LogP contribution is 2.20. The van der Waals surface area contributed by atoms with Gasteiger partial charge in [0.1, 0.15) is 5.75 Å². The molecular weight excluding hydrogens is 386 g/mol. The van der Waals surface area contributed by atoms with E-state index < -0.39 is 28.1 Å². The first-order valence-electron chi connectivity index (χ1n) is 8.62. The molecule has 2 aromatic rings. The molecule has 8 nitrogen and oxygen atoms in total. The van der Waals surface area contributed by atoms with Crippen LogP contribution in [0.5, 0.6) is 5.75 Å². The number of cyclic esters (lactones) is 1. The van der Waals surface area contributed by atoms with Crippen molar-refractivity contribution in [1.82, 2.24) is 0 Å². The van der Waals surface area contributed by atoms with Gasteiger partial charge in [0.05, 0.1) is 23.7 Å². The van der Waals surface area contributed by atoms with E-state index in [-0.39, 0.29) is 22.8 Å². The molecule has 1 aliphatic heterocycles. The number of carbonyl (C=O) groups is 2. The van der Waals surface area contributed by atoms with Crippen LogP contribution in [0.4, 0.5) is 5.69 Å². The number of hydrogen-bond acceptors (Lipinski definition) is 7. The van der Waals surface area contributed by atoms with E-state index in [2.05, 4.69) is 4.72 Å². The van der Waals surface area contributed by atoms with E-state index in [1.54, 1.807) is 12.1 Å². The molecule has 0 unspecified atom stereocenters. The number of benzene rings is 2. The van der Waals surface area contributed by atoms with Crippen molar-refractivity contribution in [1.29, 1.82) is 0 Å². The lowest BCUT2D eigenvalue weighted by molar-refractivity contribution is -0.145. The molecule has 0 spiro atoms. The molecule has 28 heavy (non-hydrogen) atoms. The van der Waals surface area contributed by atoms with Crippen LogP contribution in [-0.4, -0.2) is 39.7 Å². The summed E-state index contributed by atoms with van der Waals surface area (Å²) in [7, 11) is -3.79. The van der Waals surface area contributed by atoms with Crippen LogP contribution in [0.1, 0.15) is 23.7 Å². The first kappa shape index (κ1) is 19.7. The van der Waals surface area contributed by atoms with Crippen molar-refractivity contribution in [2.75, 3.05) is 17.9 Å². The second-order valence-electron chi connectivity index (χ2n) is 5.94. The Labute approximate surface area is 162 Å². The third-order valence-corrected chi connectivity index (χ3v) is 5.35. The average molecular weight is 405 g/mol. The maximum absolute atomic E-state index is 12.5. The van der Waals surface area contributed by atoms with E-state index >= 15 is 0 Å². The molecule has 148 valence electrons. The van der Waals surface area contributed by atoms with Crippen molar-refractivity contribution in [3.8, 4) is 5.75 Å². The van der Waals surface area contributed by atoms with Crippen molar-refractivity contribution in [3.63, 3.8) is 0 Å². The Bertz CT molecular complexity index is 953. The van der Waals surface area contributed by atoms with Crippen molar-refractivity contribution >= 4 is 27.6 Å². The molecule has 2 aromatic carbocycles. The van der Waals surface area contributed by atoms with Gasteiger partial charge in [0, 0.05) is 12.1 Å². The summed E-state index contributed by atoms with van der Waals surface area (Å²) in [5.41, 5.74) is 0.481. The molecule has 0 aliphatic carbocycles. The summed E-state index contributed by atoms with van der Waals surface area (Å²) >= 11 is 0. The highest BCUT2D eigenvalue weighted by atomic mass is 32.2. The van der Waals surface area contributed by atoms with Gasteiger partial charge in [0.25, 0.3) is 10.0 Å². The average Bonchev–Trinajstić information content (AvgIpc) is 3.07. The lowest BCUT2D eigenvalue weighted by atomic mass is 10.2. The maximum Gasteiger partial charge on any atom is 0.347 e. The minimum absolute atomic E-state index is 0.0826. The number of carbonyl (C=O) groups excluding carboxylic acids is 2. The Hall–Kier alpha value is -3.07. The van der Waals surface area contributed by atoms with Gasteiger partial charge >= 0.3 is 11.9 Å². The zero-order chi connectivity index (χ0) is 20.1. The van der Waals surface area contributed by atoms with Gasteiger partial charge < -0.3 is 14.2 Å². The highest BCUT2D eigenvalue weighted by Gasteiger charge is 2.30. The summed E-state index contributed by atoms with van der Waals surface area (Å²) in [5, 5.41) is 0. The molecule has 3 rings (SSSR count). The first-order valence-corrected chi connectivity index (χ1v) is 10.1. The van der Waals surface area contributed by atoms with Crippen molar-refractivity contribution in [2.45, 2.75) is 24.3 Å². The van der Waals surface area contributed by atoms with Gasteiger partial charge in [-0.25, -0.2) is 18.0 Å². The van der Waals surface area contributed by atoms with Crippen LogP contribution in [0.25, 0.3) is 0 Å². The number of nitrogens with one attached hydrogen (secondary N) is 1. The quantitative estimate of drug-likeness (QED) is 0.705. The van der Waals surface area contributed by atoms with Crippen LogP contribution in [0.2, 0.25) is 0 Å². The van der Waals surface area contributed by atoms with Gasteiger partial charge in [0.2, 0.25) is 6.10 Å². The SMILES string of the molecule is CCOc1ccc(S(=O)(=O)Nc2ccc(C(=O)O[C@@H]3CCOC3=O)cc2)cc1. The summed E-state index contributed by atoms with van der Waals surface area (Å²) in [5.74, 6) is -0.659. The molecule has 0 radical (unpaired) electrons. The molecule has 1 fully saturated rings. The second-order valence-corrected chi connectivity index (χ2v) is 7.62. The summed E-state index contributed by atoms with van der Waals surface area (Å²) in [4.78, 5) is 23.5. The van der Waals surface area contributed by atoms with Crippen LogP contribution in [0.15, 0.2) is 53.4 Å². The highest BCUT2D eigenvalue weighted by molar-refractivity contribution is 7.92. The van der Waals surface area contributed by atoms with Crippen molar-refractivity contribution in [2.24, 2.45) is 0 Å². The number of hydrogen-bond donors (Lipinski definition) is 1. The number of anilines is 1. The van der Waals surface area contributed by atoms with E-state index in [1.165, 1.54) is 36.4 Å². The van der Waals surface area contributed by atoms with Crippen LogP contribution in [0.3, 0.4) is 0 Å². The molecule has 9 heteroatoms. The third kappa shape index (κ3) is 4.61. The van der Waals surface area contributed by atoms with Crippen LogP contribution in [0, 0.1) is 0 Å². The lowest BCUT2D eigenvalue weighted by Gasteiger charge is -2.11. The number of esters is 2. The summed E-state index contributed by atoms with van der Waals surface area (Å²) < 4.78 is 42.5. The summed E-state index contributed by atoms with van der Waals surface area (Å²) in [6.45, 7) is 2.55. The molecule has 0 saturated carbocycles. The first-order chi connectivity index (χ1) is 13.4. The monoisotopic (exact) mass is 405 g/mol. The zero-order valence-electron chi connectivity index (χ0n) is 15.1. The fourth-order valence-electron chi connectivity index (χ4n) is 2.55. The van der Waals surface area contributed by atoms with Crippen LogP contribution in [-0.2, 0) is 24.3 Å². The molecule has 1 aliphatic rings. The van der Waals surface area contributed by atoms with Crippen molar-refractivity contribution in [3.05, 3.63) is 54.1 Å². The fraction of sp³-hybridized carbons (Fsp3) is 0.263. The Balaban J connectivity index is 1.65. The molecule has 1 atom stereocenters. The predicted molar refractivity (Wildman–Crippen MR) is 99.6 cm³/mol. The van der Waals surface area contributed by atoms with Crippen LogP contribution < -0.4 is 9.46 Å². The van der Waals surface area contributed by atoms with Gasteiger partial charge in [-0.3, -0.25) is 4.72 Å². The van der Waals surface area contributed by atoms with Gasteiger partial charge in [-0.15, -0.1) is 0 Å². The normalized spacial score (nSPS) is 16.3. The molecular formula is C19H19NO7S. The largest absolute Gasteiger partial charge is 0.494 e. The van der Waals surface area contributed by atoms with E-state index in [1.807, 2.05) is 6.92 Å². The Kier molecular flexibility index (Phi) is 5.84. The summed E-state index contributed by atoms with van der Waals surface area (Å²) in [6, 6.07) is 11.7. The smallest absolute Gasteiger partial charge is 0.347 e. The molecule has 1 N–H and O–H groups in total. The number of sulfonamides is 1. The van der Waals surface area contributed by atoms with E-state index in [0.29, 0.717) is 18.8 Å². The molecule has 0 bridgehead atoms. The minimum Gasteiger partial charge on any atom is -0.494 e. The van der Waals surface area contributed by atoms with Gasteiger partial charge in [0.15, 0.2) is 0 Å². The van der Waals surface area contributed by atoms with Crippen molar-refractivity contribution < 1.29 is 32.2 Å². The van der Waals surface area contributed by atoms with E-state index in [0.717, 1.165) is 0 Å².